The van der Waals surface area contributed by atoms with Crippen LogP contribution >= 0.6 is 12.4 Å². The van der Waals surface area contributed by atoms with E-state index in [0.29, 0.717) is 13.2 Å². The van der Waals surface area contributed by atoms with Crippen LogP contribution in [-0.4, -0.2) is 36.0 Å². The Hall–Kier alpha value is -0.520. The van der Waals surface area contributed by atoms with Crippen molar-refractivity contribution in [2.45, 2.75) is 56.8 Å². The number of halogens is 1. The molecular formula is C12H23ClN2O3. The largest absolute Gasteiger partial charge is 0.444 e. The van der Waals surface area contributed by atoms with Gasteiger partial charge in [0.25, 0.3) is 0 Å². The molecule has 0 radical (unpaired) electrons. The molecule has 6 heteroatoms. The van der Waals surface area contributed by atoms with Crippen LogP contribution in [0.2, 0.25) is 0 Å². The van der Waals surface area contributed by atoms with Gasteiger partial charge < -0.3 is 20.5 Å². The second-order valence-corrected chi connectivity index (χ2v) is 6.35. The minimum Gasteiger partial charge on any atom is -0.444 e. The molecule has 2 saturated heterocycles. The molecule has 2 heterocycles. The van der Waals surface area contributed by atoms with E-state index >= 15 is 0 Å². The molecule has 0 aromatic rings. The first-order valence-electron chi connectivity index (χ1n) is 6.12. The maximum Gasteiger partial charge on any atom is 0.407 e. The van der Waals surface area contributed by atoms with E-state index in [1.807, 2.05) is 20.8 Å². The van der Waals surface area contributed by atoms with Crippen LogP contribution in [0.5, 0.6) is 0 Å². The lowest BCUT2D eigenvalue weighted by Crippen LogP contribution is -2.70. The molecule has 2 aliphatic heterocycles. The maximum atomic E-state index is 11.5. The van der Waals surface area contributed by atoms with E-state index in [1.54, 1.807) is 0 Å². The summed E-state index contributed by atoms with van der Waals surface area (Å²) in [6.07, 6.45) is 2.18. The van der Waals surface area contributed by atoms with Crippen LogP contribution in [0.3, 0.4) is 0 Å². The topological polar surface area (TPSA) is 73.6 Å². The Bertz CT molecular complexity index is 322. The highest BCUT2D eigenvalue weighted by Gasteiger charge is 2.56. The molecule has 3 fully saturated rings. The quantitative estimate of drug-likeness (QED) is 0.804. The number of hydrogen-bond acceptors (Lipinski definition) is 4. The summed E-state index contributed by atoms with van der Waals surface area (Å²) in [6.45, 7) is 6.70. The number of nitrogens with one attached hydrogen (secondary N) is 1. The third-order valence-corrected chi connectivity index (χ3v) is 3.31. The zero-order valence-electron chi connectivity index (χ0n) is 11.2. The van der Waals surface area contributed by atoms with Gasteiger partial charge in [0, 0.05) is 12.1 Å². The molecule has 5 nitrogen and oxygen atoms in total. The van der Waals surface area contributed by atoms with Crippen LogP contribution in [0.1, 0.15) is 40.0 Å². The second kappa shape index (κ2) is 4.87. The third kappa shape index (κ3) is 3.49. The highest BCUT2D eigenvalue weighted by Crippen LogP contribution is 2.48. The number of carbonyl (C=O) groups excluding carboxylic acids is 1. The number of carbonyl (C=O) groups is 1. The van der Waals surface area contributed by atoms with E-state index in [2.05, 4.69) is 5.32 Å². The van der Waals surface area contributed by atoms with Crippen molar-refractivity contribution in [3.05, 3.63) is 0 Å². The number of amides is 1. The average molecular weight is 279 g/mol. The smallest absolute Gasteiger partial charge is 0.407 e. The lowest BCUT2D eigenvalue weighted by molar-refractivity contribution is -0.184. The number of rotatable bonds is 2. The number of ether oxygens (including phenoxy) is 2. The summed E-state index contributed by atoms with van der Waals surface area (Å²) in [5.74, 6) is 0. The van der Waals surface area contributed by atoms with Gasteiger partial charge in [-0.15, -0.1) is 12.4 Å². The normalized spacial score (nSPS) is 34.0. The standard InChI is InChI=1S/C12H22N2O3.ClH/c1-10(2,3)17-9(15)14-8-12-6-11(13,7-12)4-5-16-12;/h4-8,13H2,1-3H3,(H,14,15);1H. The lowest BCUT2D eigenvalue weighted by atomic mass is 9.62. The Morgan fingerprint density at radius 2 is 2.06 bits per heavy atom. The van der Waals surface area contributed by atoms with Crippen LogP contribution in [-0.2, 0) is 9.47 Å². The van der Waals surface area contributed by atoms with Crippen LogP contribution in [0.25, 0.3) is 0 Å². The van der Waals surface area contributed by atoms with Gasteiger partial charge in [0.15, 0.2) is 0 Å². The van der Waals surface area contributed by atoms with Gasteiger partial charge in [-0.25, -0.2) is 4.79 Å². The Kier molecular flexibility index (Phi) is 4.20. The first-order chi connectivity index (χ1) is 7.72. The van der Waals surface area contributed by atoms with E-state index < -0.39 is 11.7 Å². The summed E-state index contributed by atoms with van der Waals surface area (Å²) >= 11 is 0. The predicted octanol–water partition coefficient (Wildman–Crippen LogP) is 1.58. The van der Waals surface area contributed by atoms with E-state index in [9.17, 15) is 4.79 Å². The number of nitrogens with two attached hydrogens (primary N) is 1. The summed E-state index contributed by atoms with van der Waals surface area (Å²) in [5.41, 5.74) is 5.34. The van der Waals surface area contributed by atoms with Gasteiger partial charge in [0.1, 0.15) is 5.60 Å². The fourth-order valence-electron chi connectivity index (χ4n) is 2.70. The van der Waals surface area contributed by atoms with E-state index in [-0.39, 0.29) is 23.5 Å². The summed E-state index contributed by atoms with van der Waals surface area (Å²) in [5, 5.41) is 2.76. The van der Waals surface area contributed by atoms with Gasteiger partial charge in [-0.1, -0.05) is 0 Å². The van der Waals surface area contributed by atoms with Crippen LogP contribution in [0.15, 0.2) is 0 Å². The van der Waals surface area contributed by atoms with Crippen molar-refractivity contribution in [3.63, 3.8) is 0 Å². The summed E-state index contributed by atoms with van der Waals surface area (Å²) < 4.78 is 10.9. The minimum absolute atomic E-state index is 0. The summed E-state index contributed by atoms with van der Waals surface area (Å²) in [7, 11) is 0. The molecule has 3 aliphatic rings. The average Bonchev–Trinajstić information content (AvgIpc) is 2.10. The maximum absolute atomic E-state index is 11.5. The highest BCUT2D eigenvalue weighted by atomic mass is 35.5. The molecule has 106 valence electrons. The van der Waals surface area contributed by atoms with Crippen molar-refractivity contribution in [2.24, 2.45) is 5.73 Å². The molecule has 0 aromatic carbocycles. The van der Waals surface area contributed by atoms with Crippen LogP contribution in [0.4, 0.5) is 4.79 Å². The number of hydrogen-bond donors (Lipinski definition) is 2. The van der Waals surface area contributed by atoms with Gasteiger partial charge >= 0.3 is 6.09 Å². The van der Waals surface area contributed by atoms with E-state index in [1.165, 1.54) is 0 Å². The Morgan fingerprint density at radius 1 is 1.44 bits per heavy atom. The molecule has 0 spiro atoms. The monoisotopic (exact) mass is 278 g/mol. The van der Waals surface area contributed by atoms with Crippen molar-refractivity contribution in [3.8, 4) is 0 Å². The van der Waals surface area contributed by atoms with Gasteiger partial charge in [-0.3, -0.25) is 0 Å². The zero-order valence-corrected chi connectivity index (χ0v) is 12.1. The molecule has 0 aromatic heterocycles. The number of alkyl carbamates (subject to hydrolysis) is 1. The van der Waals surface area contributed by atoms with Crippen LogP contribution < -0.4 is 11.1 Å². The molecular weight excluding hydrogens is 256 g/mol. The Morgan fingerprint density at radius 3 is 2.56 bits per heavy atom. The fraction of sp³-hybridized carbons (Fsp3) is 0.917. The highest BCUT2D eigenvalue weighted by molar-refractivity contribution is 5.85. The van der Waals surface area contributed by atoms with Crippen molar-refractivity contribution in [2.75, 3.05) is 13.2 Å². The van der Waals surface area contributed by atoms with Crippen molar-refractivity contribution in [1.29, 1.82) is 0 Å². The molecule has 18 heavy (non-hydrogen) atoms. The zero-order chi connectivity index (χ0) is 12.7. The fourth-order valence-corrected chi connectivity index (χ4v) is 2.70. The van der Waals surface area contributed by atoms with Crippen LogP contribution in [0, 0.1) is 0 Å². The van der Waals surface area contributed by atoms with Gasteiger partial charge in [-0.05, 0) is 40.0 Å². The molecule has 1 aliphatic carbocycles. The van der Waals surface area contributed by atoms with Crippen molar-refractivity contribution in [1.82, 2.24) is 5.32 Å². The van der Waals surface area contributed by atoms with Gasteiger partial charge in [0.2, 0.25) is 0 Å². The SMILES string of the molecule is CC(C)(C)OC(=O)NCC12CC(N)(CCO1)C2.Cl. The first-order valence-corrected chi connectivity index (χ1v) is 6.12. The minimum atomic E-state index is -0.466. The Balaban J connectivity index is 0.00000162. The molecule has 3 rings (SSSR count). The molecule has 1 amide bonds. The number of fused-ring (bicyclic) bond motifs is 2. The van der Waals surface area contributed by atoms with Gasteiger partial charge in [-0.2, -0.15) is 0 Å². The molecule has 3 N–H and O–H groups in total. The summed E-state index contributed by atoms with van der Waals surface area (Å²) in [6, 6.07) is 0. The molecule has 1 saturated carbocycles. The van der Waals surface area contributed by atoms with Gasteiger partial charge in [0.05, 0.1) is 12.1 Å². The second-order valence-electron chi connectivity index (χ2n) is 6.35. The molecule has 2 bridgehead atoms. The summed E-state index contributed by atoms with van der Waals surface area (Å²) in [4.78, 5) is 11.5. The third-order valence-electron chi connectivity index (χ3n) is 3.31. The lowest BCUT2D eigenvalue weighted by Gasteiger charge is -2.58. The van der Waals surface area contributed by atoms with Crippen molar-refractivity contribution >= 4 is 18.5 Å². The molecule has 0 atom stereocenters. The Labute approximate surface area is 114 Å². The van der Waals surface area contributed by atoms with E-state index in [0.717, 1.165) is 19.3 Å². The van der Waals surface area contributed by atoms with Crippen molar-refractivity contribution < 1.29 is 14.3 Å². The molecule has 0 unspecified atom stereocenters. The van der Waals surface area contributed by atoms with E-state index in [4.69, 9.17) is 15.2 Å². The first kappa shape index (κ1) is 15.5. The predicted molar refractivity (Wildman–Crippen MR) is 70.9 cm³/mol.